The summed E-state index contributed by atoms with van der Waals surface area (Å²) in [5.74, 6) is 1.46. The predicted molar refractivity (Wildman–Crippen MR) is 70.9 cm³/mol. The number of hydrogen-bond donors (Lipinski definition) is 1. The van der Waals surface area contributed by atoms with Gasteiger partial charge in [-0.2, -0.15) is 5.26 Å². The lowest BCUT2D eigenvalue weighted by Gasteiger charge is -2.21. The summed E-state index contributed by atoms with van der Waals surface area (Å²) in [6.45, 7) is 6.63. The van der Waals surface area contributed by atoms with Crippen molar-refractivity contribution >= 4 is 5.69 Å². The van der Waals surface area contributed by atoms with Crippen LogP contribution in [0.3, 0.4) is 0 Å². The van der Waals surface area contributed by atoms with Gasteiger partial charge in [0.25, 0.3) is 0 Å². The van der Waals surface area contributed by atoms with Gasteiger partial charge in [-0.3, -0.25) is 0 Å². The number of hydrogen-bond acceptors (Lipinski definition) is 2. The lowest BCUT2D eigenvalue weighted by atomic mass is 9.97. The van der Waals surface area contributed by atoms with E-state index in [1.54, 1.807) is 0 Å². The summed E-state index contributed by atoms with van der Waals surface area (Å²) in [5, 5.41) is 12.7. The van der Waals surface area contributed by atoms with Gasteiger partial charge in [0, 0.05) is 6.04 Å². The number of nitrogens with one attached hydrogen (secondary N) is 1. The van der Waals surface area contributed by atoms with Crippen LogP contribution in [-0.2, 0) is 0 Å². The summed E-state index contributed by atoms with van der Waals surface area (Å²) in [6, 6.07) is 8.83. The molecule has 0 spiro atoms. The van der Waals surface area contributed by atoms with Gasteiger partial charge in [0.05, 0.1) is 11.3 Å². The summed E-state index contributed by atoms with van der Waals surface area (Å²) in [6.07, 6.45) is 2.49. The number of benzene rings is 1. The minimum atomic E-state index is 0.514. The third kappa shape index (κ3) is 2.44. The lowest BCUT2D eigenvalue weighted by molar-refractivity contribution is 0.435. The first-order valence-electron chi connectivity index (χ1n) is 6.39. The molecule has 3 unspecified atom stereocenters. The van der Waals surface area contributed by atoms with Crippen molar-refractivity contribution in [3.05, 3.63) is 29.3 Å². The molecule has 0 saturated heterocycles. The van der Waals surface area contributed by atoms with Gasteiger partial charge in [0.1, 0.15) is 6.07 Å². The molecule has 1 aromatic carbocycles. The molecule has 2 nitrogen and oxygen atoms in total. The van der Waals surface area contributed by atoms with Crippen LogP contribution in [0.4, 0.5) is 5.69 Å². The first kappa shape index (κ1) is 12.0. The highest BCUT2D eigenvalue weighted by Gasteiger charge is 2.29. The topological polar surface area (TPSA) is 35.8 Å². The largest absolute Gasteiger partial charge is 0.381 e. The van der Waals surface area contributed by atoms with Crippen molar-refractivity contribution in [2.45, 2.75) is 39.7 Å². The van der Waals surface area contributed by atoms with Crippen molar-refractivity contribution in [3.63, 3.8) is 0 Å². The molecular formula is C15H20N2. The first-order chi connectivity index (χ1) is 8.11. The van der Waals surface area contributed by atoms with Crippen LogP contribution >= 0.6 is 0 Å². The van der Waals surface area contributed by atoms with Crippen LogP contribution in [0, 0.1) is 30.1 Å². The fourth-order valence-corrected chi connectivity index (χ4v) is 2.64. The molecule has 1 saturated carbocycles. The van der Waals surface area contributed by atoms with Crippen molar-refractivity contribution < 1.29 is 0 Å². The molecule has 90 valence electrons. The molecule has 1 fully saturated rings. The molecule has 17 heavy (non-hydrogen) atoms. The molecule has 0 heterocycles. The first-order valence-corrected chi connectivity index (χ1v) is 6.39. The minimum absolute atomic E-state index is 0.514. The standard InChI is InChI=1S/C15H20N2/c1-10-4-6-15(13(8-10)9-16)17-14-7-5-11(2)12(14)3/h4,6,8,11-12,14,17H,5,7H2,1-3H3. The highest BCUT2D eigenvalue weighted by atomic mass is 14.9. The molecule has 0 radical (unpaired) electrons. The Labute approximate surface area is 104 Å². The van der Waals surface area contributed by atoms with E-state index in [1.807, 2.05) is 19.1 Å². The van der Waals surface area contributed by atoms with Crippen LogP contribution in [0.15, 0.2) is 18.2 Å². The van der Waals surface area contributed by atoms with Crippen LogP contribution in [-0.4, -0.2) is 6.04 Å². The SMILES string of the molecule is Cc1ccc(NC2CCC(C)C2C)c(C#N)c1. The molecule has 0 aliphatic heterocycles. The molecule has 1 aromatic rings. The second-order valence-corrected chi connectivity index (χ2v) is 5.33. The Morgan fingerprint density at radius 3 is 2.65 bits per heavy atom. The van der Waals surface area contributed by atoms with E-state index in [2.05, 4.69) is 31.3 Å². The normalized spacial score (nSPS) is 27.8. The molecular weight excluding hydrogens is 208 g/mol. The van der Waals surface area contributed by atoms with E-state index in [0.29, 0.717) is 12.0 Å². The van der Waals surface area contributed by atoms with E-state index in [9.17, 15) is 0 Å². The number of rotatable bonds is 2. The summed E-state index contributed by atoms with van der Waals surface area (Å²) in [5.41, 5.74) is 2.89. The number of nitrogens with zero attached hydrogens (tertiary/aromatic N) is 1. The predicted octanol–water partition coefficient (Wildman–Crippen LogP) is 3.71. The van der Waals surface area contributed by atoms with Crippen molar-refractivity contribution in [2.24, 2.45) is 11.8 Å². The van der Waals surface area contributed by atoms with Crippen LogP contribution < -0.4 is 5.32 Å². The Kier molecular flexibility index (Phi) is 3.38. The van der Waals surface area contributed by atoms with E-state index in [-0.39, 0.29) is 0 Å². The zero-order chi connectivity index (χ0) is 12.4. The molecule has 0 amide bonds. The van der Waals surface area contributed by atoms with Gasteiger partial charge in [-0.05, 0) is 49.3 Å². The number of anilines is 1. The van der Waals surface area contributed by atoms with Gasteiger partial charge in [-0.25, -0.2) is 0 Å². The Balaban J connectivity index is 2.17. The molecule has 1 aliphatic carbocycles. The molecule has 1 N–H and O–H groups in total. The second-order valence-electron chi connectivity index (χ2n) is 5.33. The molecule has 1 aliphatic rings. The van der Waals surface area contributed by atoms with Crippen LogP contribution in [0.1, 0.15) is 37.8 Å². The van der Waals surface area contributed by atoms with Gasteiger partial charge >= 0.3 is 0 Å². The lowest BCUT2D eigenvalue weighted by Crippen LogP contribution is -2.24. The van der Waals surface area contributed by atoms with Gasteiger partial charge in [0.2, 0.25) is 0 Å². The van der Waals surface area contributed by atoms with Gasteiger partial charge < -0.3 is 5.32 Å². The molecule has 0 aromatic heterocycles. The van der Waals surface area contributed by atoms with Crippen molar-refractivity contribution in [1.82, 2.24) is 0 Å². The Bertz CT molecular complexity index is 445. The Morgan fingerprint density at radius 1 is 1.29 bits per heavy atom. The van der Waals surface area contributed by atoms with Crippen molar-refractivity contribution in [1.29, 1.82) is 5.26 Å². The van der Waals surface area contributed by atoms with Crippen LogP contribution in [0.25, 0.3) is 0 Å². The van der Waals surface area contributed by atoms with Gasteiger partial charge in [-0.15, -0.1) is 0 Å². The summed E-state index contributed by atoms with van der Waals surface area (Å²) in [7, 11) is 0. The molecule has 2 heteroatoms. The fraction of sp³-hybridized carbons (Fsp3) is 0.533. The van der Waals surface area contributed by atoms with Gasteiger partial charge in [0.15, 0.2) is 0 Å². The smallest absolute Gasteiger partial charge is 0.101 e. The molecule has 0 bridgehead atoms. The monoisotopic (exact) mass is 228 g/mol. The quantitative estimate of drug-likeness (QED) is 0.837. The maximum Gasteiger partial charge on any atom is 0.101 e. The minimum Gasteiger partial charge on any atom is -0.381 e. The number of aryl methyl sites for hydroxylation is 1. The molecule has 2 rings (SSSR count). The fourth-order valence-electron chi connectivity index (χ4n) is 2.64. The van der Waals surface area contributed by atoms with E-state index in [1.165, 1.54) is 12.8 Å². The highest BCUT2D eigenvalue weighted by molar-refractivity contribution is 5.59. The summed E-state index contributed by atoms with van der Waals surface area (Å²) < 4.78 is 0. The zero-order valence-corrected chi connectivity index (χ0v) is 10.8. The zero-order valence-electron chi connectivity index (χ0n) is 10.8. The maximum atomic E-state index is 9.14. The number of nitriles is 1. The summed E-state index contributed by atoms with van der Waals surface area (Å²) in [4.78, 5) is 0. The third-order valence-electron chi connectivity index (χ3n) is 4.10. The molecule has 3 atom stereocenters. The Morgan fingerprint density at radius 2 is 2.06 bits per heavy atom. The Hall–Kier alpha value is -1.49. The third-order valence-corrected chi connectivity index (χ3v) is 4.10. The van der Waals surface area contributed by atoms with Crippen LogP contribution in [0.5, 0.6) is 0 Å². The average molecular weight is 228 g/mol. The average Bonchev–Trinajstić information content (AvgIpc) is 2.63. The van der Waals surface area contributed by atoms with E-state index in [4.69, 9.17) is 5.26 Å². The summed E-state index contributed by atoms with van der Waals surface area (Å²) >= 11 is 0. The van der Waals surface area contributed by atoms with Crippen molar-refractivity contribution in [2.75, 3.05) is 5.32 Å². The highest BCUT2D eigenvalue weighted by Crippen LogP contribution is 2.33. The van der Waals surface area contributed by atoms with E-state index in [0.717, 1.165) is 22.7 Å². The van der Waals surface area contributed by atoms with E-state index >= 15 is 0 Å². The van der Waals surface area contributed by atoms with Crippen LogP contribution in [0.2, 0.25) is 0 Å². The maximum absolute atomic E-state index is 9.14. The van der Waals surface area contributed by atoms with Crippen molar-refractivity contribution in [3.8, 4) is 6.07 Å². The van der Waals surface area contributed by atoms with E-state index < -0.39 is 0 Å². The van der Waals surface area contributed by atoms with Gasteiger partial charge in [-0.1, -0.05) is 19.9 Å². The second kappa shape index (κ2) is 4.79.